The molecular formula is C19H17ClN4. The summed E-state index contributed by atoms with van der Waals surface area (Å²) in [6, 6.07) is 9.36. The first-order valence-electron chi connectivity index (χ1n) is 7.51. The SMILES string of the molecule is C=C(C)/C=C(\C)Nc1nc(-c2ccncc2)nc2ccc(Cl)cc12. The van der Waals surface area contributed by atoms with E-state index in [-0.39, 0.29) is 0 Å². The van der Waals surface area contributed by atoms with E-state index in [0.29, 0.717) is 16.7 Å². The van der Waals surface area contributed by atoms with Crippen LogP contribution in [-0.4, -0.2) is 15.0 Å². The van der Waals surface area contributed by atoms with Crippen molar-refractivity contribution < 1.29 is 0 Å². The summed E-state index contributed by atoms with van der Waals surface area (Å²) < 4.78 is 0. The second kappa shape index (κ2) is 6.81. The first-order valence-corrected chi connectivity index (χ1v) is 7.89. The zero-order valence-electron chi connectivity index (χ0n) is 13.5. The zero-order chi connectivity index (χ0) is 17.1. The third kappa shape index (κ3) is 3.60. The van der Waals surface area contributed by atoms with Crippen LogP contribution in [0.2, 0.25) is 5.02 Å². The second-order valence-electron chi connectivity index (χ2n) is 5.59. The summed E-state index contributed by atoms with van der Waals surface area (Å²) in [5.74, 6) is 1.35. The first-order chi connectivity index (χ1) is 11.5. The van der Waals surface area contributed by atoms with Gasteiger partial charge in [0.25, 0.3) is 0 Å². The Labute approximate surface area is 145 Å². The Morgan fingerprint density at radius 2 is 1.88 bits per heavy atom. The second-order valence-corrected chi connectivity index (χ2v) is 6.03. The van der Waals surface area contributed by atoms with Gasteiger partial charge in [-0.1, -0.05) is 23.8 Å². The summed E-state index contributed by atoms with van der Waals surface area (Å²) in [5, 5.41) is 4.84. The van der Waals surface area contributed by atoms with Crippen LogP contribution in [0, 0.1) is 0 Å². The van der Waals surface area contributed by atoms with Gasteiger partial charge >= 0.3 is 0 Å². The predicted molar refractivity (Wildman–Crippen MR) is 100.0 cm³/mol. The van der Waals surface area contributed by atoms with Gasteiger partial charge in [0.05, 0.1) is 5.52 Å². The predicted octanol–water partition coefficient (Wildman–Crippen LogP) is 5.24. The van der Waals surface area contributed by atoms with Crippen molar-refractivity contribution in [2.75, 3.05) is 5.32 Å². The number of aromatic nitrogens is 3. The molecule has 0 saturated heterocycles. The van der Waals surface area contributed by atoms with Gasteiger partial charge in [0, 0.05) is 34.1 Å². The minimum absolute atomic E-state index is 0.637. The average molecular weight is 337 g/mol. The molecule has 3 aromatic rings. The van der Waals surface area contributed by atoms with E-state index in [0.717, 1.165) is 27.7 Å². The smallest absolute Gasteiger partial charge is 0.162 e. The Hall–Kier alpha value is -2.72. The van der Waals surface area contributed by atoms with Crippen LogP contribution < -0.4 is 5.32 Å². The van der Waals surface area contributed by atoms with Crippen molar-refractivity contribution in [3.8, 4) is 11.4 Å². The fourth-order valence-corrected chi connectivity index (χ4v) is 2.59. The molecule has 2 heterocycles. The van der Waals surface area contributed by atoms with E-state index in [1.165, 1.54) is 0 Å². The van der Waals surface area contributed by atoms with Crippen molar-refractivity contribution >= 4 is 28.3 Å². The van der Waals surface area contributed by atoms with Crippen LogP contribution in [0.5, 0.6) is 0 Å². The lowest BCUT2D eigenvalue weighted by atomic mass is 10.2. The summed E-state index contributed by atoms with van der Waals surface area (Å²) in [4.78, 5) is 13.4. The number of nitrogens with zero attached hydrogens (tertiary/aromatic N) is 3. The molecule has 5 heteroatoms. The molecule has 0 aliphatic heterocycles. The molecule has 24 heavy (non-hydrogen) atoms. The van der Waals surface area contributed by atoms with Gasteiger partial charge in [0.1, 0.15) is 5.82 Å². The van der Waals surface area contributed by atoms with Gasteiger partial charge in [-0.3, -0.25) is 4.98 Å². The van der Waals surface area contributed by atoms with Crippen molar-refractivity contribution in [2.45, 2.75) is 13.8 Å². The molecule has 2 aromatic heterocycles. The van der Waals surface area contributed by atoms with Crippen molar-refractivity contribution in [1.29, 1.82) is 0 Å². The highest BCUT2D eigenvalue weighted by Gasteiger charge is 2.10. The Bertz CT molecular complexity index is 933. The maximum Gasteiger partial charge on any atom is 0.162 e. The molecule has 0 amide bonds. The lowest BCUT2D eigenvalue weighted by Crippen LogP contribution is -2.02. The van der Waals surface area contributed by atoms with Crippen molar-refractivity contribution in [2.24, 2.45) is 0 Å². The molecule has 0 aliphatic rings. The van der Waals surface area contributed by atoms with Crippen LogP contribution in [0.15, 0.2) is 66.7 Å². The molecule has 1 aromatic carbocycles. The fourth-order valence-electron chi connectivity index (χ4n) is 2.42. The molecule has 0 atom stereocenters. The Morgan fingerprint density at radius 1 is 1.12 bits per heavy atom. The maximum atomic E-state index is 6.15. The van der Waals surface area contributed by atoms with Crippen LogP contribution in [0.4, 0.5) is 5.82 Å². The number of allylic oxidation sites excluding steroid dienone is 3. The van der Waals surface area contributed by atoms with Crippen LogP contribution in [0.3, 0.4) is 0 Å². The number of pyridine rings is 1. The Morgan fingerprint density at radius 3 is 2.58 bits per heavy atom. The molecule has 1 N–H and O–H groups in total. The van der Waals surface area contributed by atoms with E-state index in [1.807, 2.05) is 50.3 Å². The topological polar surface area (TPSA) is 50.7 Å². The molecule has 0 spiro atoms. The van der Waals surface area contributed by atoms with Gasteiger partial charge in [-0.05, 0) is 50.3 Å². The number of hydrogen-bond acceptors (Lipinski definition) is 4. The first kappa shape index (κ1) is 16.1. The van der Waals surface area contributed by atoms with Gasteiger partial charge in [-0.25, -0.2) is 9.97 Å². The van der Waals surface area contributed by atoms with Crippen molar-refractivity contribution in [1.82, 2.24) is 15.0 Å². The monoisotopic (exact) mass is 336 g/mol. The van der Waals surface area contributed by atoms with Gasteiger partial charge in [-0.15, -0.1) is 0 Å². The molecule has 0 fully saturated rings. The van der Waals surface area contributed by atoms with Crippen LogP contribution in [-0.2, 0) is 0 Å². The van der Waals surface area contributed by atoms with Crippen molar-refractivity contribution in [3.05, 3.63) is 71.7 Å². The average Bonchev–Trinajstić information content (AvgIpc) is 2.55. The van der Waals surface area contributed by atoms with Gasteiger partial charge < -0.3 is 5.32 Å². The number of fused-ring (bicyclic) bond motifs is 1. The number of rotatable bonds is 4. The van der Waals surface area contributed by atoms with E-state index in [2.05, 4.69) is 26.8 Å². The molecule has 0 saturated carbocycles. The number of nitrogens with one attached hydrogen (secondary N) is 1. The van der Waals surface area contributed by atoms with Crippen molar-refractivity contribution in [3.63, 3.8) is 0 Å². The summed E-state index contributed by atoms with van der Waals surface area (Å²) in [7, 11) is 0. The standard InChI is InChI=1S/C19H17ClN4/c1-12(2)10-13(3)22-19-16-11-15(20)4-5-17(16)23-18(24-19)14-6-8-21-9-7-14/h4-11H,1H2,2-3H3,(H,22,23,24)/b13-10+. The molecule has 120 valence electrons. The summed E-state index contributed by atoms with van der Waals surface area (Å²) in [6.45, 7) is 7.82. The van der Waals surface area contributed by atoms with Crippen LogP contribution >= 0.6 is 11.6 Å². The quantitative estimate of drug-likeness (QED) is 0.662. The van der Waals surface area contributed by atoms with E-state index < -0.39 is 0 Å². The third-order valence-electron chi connectivity index (χ3n) is 3.37. The Kier molecular flexibility index (Phi) is 4.58. The van der Waals surface area contributed by atoms with E-state index in [1.54, 1.807) is 12.4 Å². The number of halogens is 1. The number of benzene rings is 1. The molecule has 4 nitrogen and oxygen atoms in total. The minimum Gasteiger partial charge on any atom is -0.343 e. The molecule has 0 radical (unpaired) electrons. The molecule has 3 rings (SSSR count). The largest absolute Gasteiger partial charge is 0.343 e. The van der Waals surface area contributed by atoms with E-state index >= 15 is 0 Å². The lowest BCUT2D eigenvalue weighted by Gasteiger charge is -2.12. The molecule has 0 aliphatic carbocycles. The normalized spacial score (nSPS) is 11.5. The lowest BCUT2D eigenvalue weighted by molar-refractivity contribution is 1.19. The summed E-state index contributed by atoms with van der Waals surface area (Å²) in [5.41, 5.74) is 3.65. The van der Waals surface area contributed by atoms with E-state index in [4.69, 9.17) is 11.6 Å². The number of hydrogen-bond donors (Lipinski definition) is 1. The zero-order valence-corrected chi connectivity index (χ0v) is 14.3. The minimum atomic E-state index is 0.637. The Balaban J connectivity index is 2.17. The van der Waals surface area contributed by atoms with Gasteiger partial charge in [0.15, 0.2) is 5.82 Å². The van der Waals surface area contributed by atoms with E-state index in [9.17, 15) is 0 Å². The summed E-state index contributed by atoms with van der Waals surface area (Å²) in [6.07, 6.45) is 5.42. The molecule has 0 bridgehead atoms. The highest BCUT2D eigenvalue weighted by molar-refractivity contribution is 6.31. The maximum absolute atomic E-state index is 6.15. The number of anilines is 1. The van der Waals surface area contributed by atoms with Crippen LogP contribution in [0.25, 0.3) is 22.3 Å². The van der Waals surface area contributed by atoms with Gasteiger partial charge in [0.2, 0.25) is 0 Å². The van der Waals surface area contributed by atoms with Gasteiger partial charge in [-0.2, -0.15) is 0 Å². The summed E-state index contributed by atoms with van der Waals surface area (Å²) >= 11 is 6.15. The fraction of sp³-hybridized carbons (Fsp3) is 0.105. The third-order valence-corrected chi connectivity index (χ3v) is 3.61. The van der Waals surface area contributed by atoms with Crippen LogP contribution in [0.1, 0.15) is 13.8 Å². The highest BCUT2D eigenvalue weighted by atomic mass is 35.5. The molecular weight excluding hydrogens is 320 g/mol. The highest BCUT2D eigenvalue weighted by Crippen LogP contribution is 2.28. The molecule has 0 unspecified atom stereocenters.